The molecule has 0 aliphatic carbocycles. The van der Waals surface area contributed by atoms with Crippen LogP contribution in [-0.4, -0.2) is 24.5 Å². The molecule has 0 amide bonds. The first-order chi connectivity index (χ1) is 10.1. The molecule has 0 heterocycles. The van der Waals surface area contributed by atoms with Gasteiger partial charge < -0.3 is 5.73 Å². The minimum absolute atomic E-state index is 0.308. The molecule has 0 saturated heterocycles. The largest absolute Gasteiger partial charge is 0.329 e. The SMILES string of the molecule is CC(c1ccccc1)C(CN)N(C)Cc1ccc(Cl)cc1. The van der Waals surface area contributed by atoms with Gasteiger partial charge in [-0.3, -0.25) is 4.90 Å². The molecular weight excluding hydrogens is 280 g/mol. The molecule has 0 spiro atoms. The zero-order valence-electron chi connectivity index (χ0n) is 12.7. The minimum Gasteiger partial charge on any atom is -0.329 e. The maximum atomic E-state index is 6.03. The Labute approximate surface area is 132 Å². The molecule has 2 aromatic rings. The van der Waals surface area contributed by atoms with Crippen molar-refractivity contribution in [2.75, 3.05) is 13.6 Å². The summed E-state index contributed by atoms with van der Waals surface area (Å²) in [6.45, 7) is 3.75. The highest BCUT2D eigenvalue weighted by atomic mass is 35.5. The van der Waals surface area contributed by atoms with Crippen LogP contribution in [0, 0.1) is 0 Å². The van der Waals surface area contributed by atoms with Crippen LogP contribution in [0.5, 0.6) is 0 Å². The Balaban J connectivity index is 2.07. The summed E-state index contributed by atoms with van der Waals surface area (Å²) in [7, 11) is 2.13. The molecule has 112 valence electrons. The van der Waals surface area contributed by atoms with Crippen LogP contribution in [0.4, 0.5) is 0 Å². The molecule has 2 nitrogen and oxygen atoms in total. The molecule has 0 aromatic heterocycles. The van der Waals surface area contributed by atoms with Crippen LogP contribution in [0.15, 0.2) is 54.6 Å². The summed E-state index contributed by atoms with van der Waals surface area (Å²) in [5.74, 6) is 0.397. The second kappa shape index (κ2) is 7.60. The van der Waals surface area contributed by atoms with E-state index >= 15 is 0 Å². The third-order valence-corrected chi connectivity index (χ3v) is 4.31. The van der Waals surface area contributed by atoms with E-state index in [-0.39, 0.29) is 0 Å². The highest BCUT2D eigenvalue weighted by molar-refractivity contribution is 6.30. The normalized spacial score (nSPS) is 14.1. The summed E-state index contributed by atoms with van der Waals surface area (Å²) in [5, 5.41) is 0.773. The standard InChI is InChI=1S/C18H23ClN2/c1-14(16-6-4-3-5-7-16)18(12-20)21(2)13-15-8-10-17(19)11-9-15/h3-11,14,18H,12-13,20H2,1-2H3. The fourth-order valence-electron chi connectivity index (χ4n) is 2.74. The first kappa shape index (κ1) is 16.0. The number of hydrogen-bond acceptors (Lipinski definition) is 2. The molecular formula is C18H23ClN2. The van der Waals surface area contributed by atoms with Crippen molar-refractivity contribution in [3.05, 3.63) is 70.7 Å². The minimum atomic E-state index is 0.308. The van der Waals surface area contributed by atoms with E-state index in [1.807, 2.05) is 18.2 Å². The molecule has 0 radical (unpaired) electrons. The van der Waals surface area contributed by atoms with Gasteiger partial charge in [0.05, 0.1) is 0 Å². The quantitative estimate of drug-likeness (QED) is 0.877. The fourth-order valence-corrected chi connectivity index (χ4v) is 2.87. The molecule has 3 heteroatoms. The number of rotatable bonds is 6. The Morgan fingerprint density at radius 3 is 2.24 bits per heavy atom. The van der Waals surface area contributed by atoms with Gasteiger partial charge in [0.2, 0.25) is 0 Å². The number of likely N-dealkylation sites (N-methyl/N-ethyl adjacent to an activating group) is 1. The van der Waals surface area contributed by atoms with Gasteiger partial charge in [-0.25, -0.2) is 0 Å². The van der Waals surface area contributed by atoms with Crippen molar-refractivity contribution < 1.29 is 0 Å². The summed E-state index contributed by atoms with van der Waals surface area (Å²) >= 11 is 5.93. The molecule has 2 unspecified atom stereocenters. The summed E-state index contributed by atoms with van der Waals surface area (Å²) in [5.41, 5.74) is 8.61. The van der Waals surface area contributed by atoms with Crippen LogP contribution in [0.3, 0.4) is 0 Å². The van der Waals surface area contributed by atoms with Gasteiger partial charge in [0.1, 0.15) is 0 Å². The third kappa shape index (κ3) is 4.31. The van der Waals surface area contributed by atoms with Gasteiger partial charge in [0.25, 0.3) is 0 Å². The number of hydrogen-bond donors (Lipinski definition) is 1. The van der Waals surface area contributed by atoms with Crippen LogP contribution in [0.25, 0.3) is 0 Å². The molecule has 2 N–H and O–H groups in total. The molecule has 0 aliphatic heterocycles. The summed E-state index contributed by atoms with van der Waals surface area (Å²) in [6, 6.07) is 18.9. The van der Waals surface area contributed by atoms with Crippen LogP contribution in [0.2, 0.25) is 5.02 Å². The molecule has 0 aliphatic rings. The average molecular weight is 303 g/mol. The van der Waals surface area contributed by atoms with Gasteiger partial charge in [-0.1, -0.05) is 61.0 Å². The van der Waals surface area contributed by atoms with Crippen molar-refractivity contribution in [3.63, 3.8) is 0 Å². The molecule has 21 heavy (non-hydrogen) atoms. The zero-order chi connectivity index (χ0) is 15.2. The third-order valence-electron chi connectivity index (χ3n) is 4.06. The van der Waals surface area contributed by atoms with E-state index in [9.17, 15) is 0 Å². The van der Waals surface area contributed by atoms with Gasteiger partial charge in [-0.05, 0) is 36.2 Å². The lowest BCUT2D eigenvalue weighted by molar-refractivity contribution is 0.213. The van der Waals surface area contributed by atoms with Crippen LogP contribution in [-0.2, 0) is 6.54 Å². The predicted molar refractivity (Wildman–Crippen MR) is 90.6 cm³/mol. The fraction of sp³-hybridized carbons (Fsp3) is 0.333. The number of nitrogens with two attached hydrogens (primary N) is 1. The predicted octanol–water partition coefficient (Wildman–Crippen LogP) is 3.90. The Morgan fingerprint density at radius 2 is 1.67 bits per heavy atom. The molecule has 2 aromatic carbocycles. The van der Waals surface area contributed by atoms with Crippen molar-refractivity contribution in [2.45, 2.75) is 25.4 Å². The molecule has 2 rings (SSSR count). The summed E-state index contributed by atoms with van der Waals surface area (Å²) < 4.78 is 0. The van der Waals surface area contributed by atoms with Gasteiger partial charge in [0.15, 0.2) is 0 Å². The van der Waals surface area contributed by atoms with E-state index in [0.717, 1.165) is 11.6 Å². The smallest absolute Gasteiger partial charge is 0.0406 e. The van der Waals surface area contributed by atoms with Crippen molar-refractivity contribution in [2.24, 2.45) is 5.73 Å². The number of halogens is 1. The van der Waals surface area contributed by atoms with Gasteiger partial charge >= 0.3 is 0 Å². The zero-order valence-corrected chi connectivity index (χ0v) is 13.4. The van der Waals surface area contributed by atoms with Crippen LogP contribution >= 0.6 is 11.6 Å². The molecule has 0 bridgehead atoms. The highest BCUT2D eigenvalue weighted by Crippen LogP contribution is 2.23. The Hall–Kier alpha value is -1.35. The average Bonchev–Trinajstić information content (AvgIpc) is 2.51. The molecule has 0 fully saturated rings. The second-order valence-electron chi connectivity index (χ2n) is 5.54. The lowest BCUT2D eigenvalue weighted by Crippen LogP contribution is -2.41. The van der Waals surface area contributed by atoms with Crippen molar-refractivity contribution in [1.82, 2.24) is 4.90 Å². The summed E-state index contributed by atoms with van der Waals surface area (Å²) in [4.78, 5) is 2.32. The molecule has 2 atom stereocenters. The van der Waals surface area contributed by atoms with Crippen LogP contribution < -0.4 is 5.73 Å². The van der Waals surface area contributed by atoms with E-state index in [1.54, 1.807) is 0 Å². The first-order valence-corrected chi connectivity index (χ1v) is 7.69. The monoisotopic (exact) mass is 302 g/mol. The van der Waals surface area contributed by atoms with E-state index < -0.39 is 0 Å². The highest BCUT2D eigenvalue weighted by Gasteiger charge is 2.21. The Morgan fingerprint density at radius 1 is 1.05 bits per heavy atom. The Bertz CT molecular complexity index is 539. The van der Waals surface area contributed by atoms with E-state index in [1.165, 1.54) is 11.1 Å². The second-order valence-corrected chi connectivity index (χ2v) is 5.98. The molecule has 0 saturated carbocycles. The maximum Gasteiger partial charge on any atom is 0.0406 e. The first-order valence-electron chi connectivity index (χ1n) is 7.31. The topological polar surface area (TPSA) is 29.3 Å². The maximum absolute atomic E-state index is 6.03. The van der Waals surface area contributed by atoms with Crippen molar-refractivity contribution >= 4 is 11.6 Å². The lowest BCUT2D eigenvalue weighted by Gasteiger charge is -2.32. The van der Waals surface area contributed by atoms with Crippen molar-refractivity contribution in [3.8, 4) is 0 Å². The summed E-state index contributed by atoms with van der Waals surface area (Å²) in [6.07, 6.45) is 0. The van der Waals surface area contributed by atoms with Gasteiger partial charge in [-0.15, -0.1) is 0 Å². The van der Waals surface area contributed by atoms with Gasteiger partial charge in [0, 0.05) is 24.2 Å². The van der Waals surface area contributed by atoms with E-state index in [0.29, 0.717) is 18.5 Å². The van der Waals surface area contributed by atoms with Crippen LogP contribution in [0.1, 0.15) is 24.0 Å². The van der Waals surface area contributed by atoms with Crippen molar-refractivity contribution in [1.29, 1.82) is 0 Å². The number of benzene rings is 2. The van der Waals surface area contributed by atoms with E-state index in [2.05, 4.69) is 55.3 Å². The Kier molecular flexibility index (Phi) is 5.80. The van der Waals surface area contributed by atoms with Gasteiger partial charge in [-0.2, -0.15) is 0 Å². The van der Waals surface area contributed by atoms with E-state index in [4.69, 9.17) is 17.3 Å². The lowest BCUT2D eigenvalue weighted by atomic mass is 9.92. The number of nitrogens with zero attached hydrogens (tertiary/aromatic N) is 1.